The molecule has 9 rings (SSSR count). The third-order valence-corrected chi connectivity index (χ3v) is 18.6. The first-order valence-electron chi connectivity index (χ1n) is 40.7. The molecule has 646 valence electrons. The highest BCUT2D eigenvalue weighted by Crippen LogP contribution is 2.29. The molecule has 6 N–H and O–H groups in total. The number of nitrogens with zero attached hydrogens (tertiary/aromatic N) is 13. The van der Waals surface area contributed by atoms with E-state index in [0.717, 1.165) is 47.9 Å². The fraction of sp³-hybridized carbons (Fsp3) is 0.477. The zero-order valence-corrected chi connectivity index (χ0v) is 68.9. The Labute approximate surface area is 697 Å². The lowest BCUT2D eigenvalue weighted by Crippen LogP contribution is -2.42. The molecule has 0 saturated heterocycles. The summed E-state index contributed by atoms with van der Waals surface area (Å²) in [5.41, 5.74) is 11.2. The van der Waals surface area contributed by atoms with Gasteiger partial charge in [-0.05, 0) is 73.6 Å². The van der Waals surface area contributed by atoms with Gasteiger partial charge in [0.25, 0.3) is 24.0 Å². The molecule has 0 saturated carbocycles. The highest BCUT2D eigenvalue weighted by molar-refractivity contribution is 5.97. The first kappa shape index (κ1) is 92.5. The van der Waals surface area contributed by atoms with Gasteiger partial charge in [-0.3, -0.25) is 37.4 Å². The van der Waals surface area contributed by atoms with E-state index in [4.69, 9.17) is 62.6 Å². The fourth-order valence-corrected chi connectivity index (χ4v) is 12.1. The molecule has 120 heavy (non-hydrogen) atoms. The lowest BCUT2D eigenvalue weighted by molar-refractivity contribution is -0.121. The number of fused-ring (bicyclic) bond motifs is 1. The number of carbonyl (C=O) groups is 4. The van der Waals surface area contributed by atoms with Gasteiger partial charge in [0.15, 0.2) is 76.8 Å². The molecular formula is C86H112N14O20. The number of aromatic hydroxyl groups is 4. The normalized spacial score (nSPS) is 12.2. The predicted octanol–water partition coefficient (Wildman–Crippen LogP) is 12.1. The minimum Gasteiger partial charge on any atom is -0.483 e. The van der Waals surface area contributed by atoms with Crippen molar-refractivity contribution in [3.8, 4) is 30.1 Å². The van der Waals surface area contributed by atoms with Gasteiger partial charge in [-0.2, -0.15) is 15.0 Å². The molecule has 0 unspecified atom stereocenters. The number of aromatic nitrogens is 10. The van der Waals surface area contributed by atoms with E-state index < -0.39 is 5.41 Å². The lowest BCUT2D eigenvalue weighted by atomic mass is 9.92. The van der Waals surface area contributed by atoms with Crippen LogP contribution in [0.4, 0.5) is 23.3 Å². The van der Waals surface area contributed by atoms with E-state index in [1.54, 1.807) is 60.7 Å². The maximum Gasteiger partial charge on any atom is 0.320 e. The number of carbonyl (C=O) groups excluding carboxylic acids is 4. The van der Waals surface area contributed by atoms with Gasteiger partial charge >= 0.3 is 6.01 Å². The van der Waals surface area contributed by atoms with Crippen molar-refractivity contribution in [1.29, 1.82) is 0 Å². The van der Waals surface area contributed by atoms with Crippen LogP contribution in [-0.2, 0) is 78.3 Å². The number of benzene rings is 4. The second-order valence-corrected chi connectivity index (χ2v) is 28.3. The van der Waals surface area contributed by atoms with Crippen molar-refractivity contribution in [2.75, 3.05) is 138 Å². The molecule has 34 heteroatoms. The quantitative estimate of drug-likeness (QED) is 0.0102. The second kappa shape index (κ2) is 51.2. The number of ketones is 4. The van der Waals surface area contributed by atoms with E-state index in [1.807, 2.05) is 64.1 Å². The summed E-state index contributed by atoms with van der Waals surface area (Å²) in [7, 11) is 0. The Balaban J connectivity index is 0.771. The van der Waals surface area contributed by atoms with Gasteiger partial charge in [-0.25, -0.2) is 29.9 Å². The maximum absolute atomic E-state index is 13.4. The van der Waals surface area contributed by atoms with Crippen LogP contribution in [-0.4, -0.2) is 243 Å². The van der Waals surface area contributed by atoms with Gasteiger partial charge in [0.2, 0.25) is 0 Å². The zero-order chi connectivity index (χ0) is 84.9. The van der Waals surface area contributed by atoms with Crippen LogP contribution in [0.1, 0.15) is 168 Å². The molecule has 0 amide bonds. The number of nitrogen functional groups attached to an aromatic ring is 1. The van der Waals surface area contributed by atoms with Crippen LogP contribution in [0.2, 0.25) is 0 Å². The summed E-state index contributed by atoms with van der Waals surface area (Å²) >= 11 is 0. The lowest BCUT2D eigenvalue weighted by Gasteiger charge is -2.33. The highest BCUT2D eigenvalue weighted by Gasteiger charge is 2.33. The minimum absolute atomic E-state index is 0.0488. The Hall–Kier alpha value is -11.4. The molecule has 0 fully saturated rings. The fourth-order valence-electron chi connectivity index (χ4n) is 12.1. The largest absolute Gasteiger partial charge is 0.483 e. The van der Waals surface area contributed by atoms with Gasteiger partial charge in [0.05, 0.1) is 156 Å². The van der Waals surface area contributed by atoms with Crippen molar-refractivity contribution in [3.05, 3.63) is 160 Å². The Bertz CT molecular complexity index is 4340. The smallest absolute Gasteiger partial charge is 0.320 e. The van der Waals surface area contributed by atoms with Crippen molar-refractivity contribution < 1.29 is 96.4 Å². The van der Waals surface area contributed by atoms with Crippen LogP contribution < -0.4 is 10.5 Å². The van der Waals surface area contributed by atoms with Crippen molar-refractivity contribution in [2.45, 2.75) is 131 Å². The summed E-state index contributed by atoms with van der Waals surface area (Å²) in [6.07, 6.45) is 14.4. The van der Waals surface area contributed by atoms with E-state index in [-0.39, 0.29) is 202 Å². The Morgan fingerprint density at radius 2 is 0.658 bits per heavy atom. The van der Waals surface area contributed by atoms with Crippen molar-refractivity contribution >= 4 is 76.8 Å². The third kappa shape index (κ3) is 30.5. The predicted molar refractivity (Wildman–Crippen MR) is 447 cm³/mol. The summed E-state index contributed by atoms with van der Waals surface area (Å²) < 4.78 is 77.1. The summed E-state index contributed by atoms with van der Waals surface area (Å²) in [6.45, 7) is 14.1. The van der Waals surface area contributed by atoms with Crippen LogP contribution in [0.15, 0.2) is 131 Å². The Kier molecular flexibility index (Phi) is 39.5. The summed E-state index contributed by atoms with van der Waals surface area (Å²) in [5.74, 6) is 1.13. The summed E-state index contributed by atoms with van der Waals surface area (Å²) in [5, 5.41) is 42.0. The Morgan fingerprint density at radius 1 is 0.367 bits per heavy atom. The number of rotatable bonds is 63. The molecule has 0 aliphatic rings. The highest BCUT2D eigenvalue weighted by atomic mass is 16.6. The number of nitrogens with two attached hydrogens (primary N) is 1. The van der Waals surface area contributed by atoms with Gasteiger partial charge in [-0.1, -0.05) is 125 Å². The number of hydrogen-bond donors (Lipinski definition) is 5. The molecule has 0 bridgehead atoms. The van der Waals surface area contributed by atoms with E-state index in [2.05, 4.69) is 44.9 Å². The SMILES string of the molecule is CCCOC=Nc1cnc(O)n1Cc1ccc(C(=O)CCCOCCOCC(COCCOCCCC(=O)c2ccc(Cn3c(N=COCCC)cnc3O)cc2)(COCCOCCCC(=O)c2ccc(Cn3c(N=COCCC)cnc3O)cc2)COCCOCCCC(=O)c2ccc(Cn3c(O)nc4c(N)nc(OCCC)nc43)cc2)cc1. The molecule has 0 aliphatic heterocycles. The van der Waals surface area contributed by atoms with Crippen LogP contribution in [0.5, 0.6) is 30.1 Å². The van der Waals surface area contributed by atoms with E-state index in [1.165, 1.54) is 56.1 Å². The first-order valence-corrected chi connectivity index (χ1v) is 40.7. The molecule has 5 heterocycles. The molecule has 4 aromatic carbocycles. The summed E-state index contributed by atoms with van der Waals surface area (Å²) in [4.78, 5) is 90.9. The number of hydrogen-bond acceptors (Lipinski definition) is 30. The average Bonchev–Trinajstić information content (AvgIpc) is 1.63. The van der Waals surface area contributed by atoms with Crippen molar-refractivity contribution in [1.82, 2.24) is 48.2 Å². The molecule has 0 radical (unpaired) electrons. The summed E-state index contributed by atoms with van der Waals surface area (Å²) in [6, 6.07) is 27.8. The van der Waals surface area contributed by atoms with Crippen LogP contribution in [0.3, 0.4) is 0 Å². The molecule has 0 spiro atoms. The van der Waals surface area contributed by atoms with Crippen LogP contribution >= 0.6 is 0 Å². The van der Waals surface area contributed by atoms with E-state index in [0.29, 0.717) is 117 Å². The van der Waals surface area contributed by atoms with Gasteiger partial charge in [0.1, 0.15) is 0 Å². The van der Waals surface area contributed by atoms with Gasteiger partial charge in [-0.15, -0.1) is 0 Å². The topological polar surface area (TPSA) is 420 Å². The number of Topliss-reactive ketones (excluding diaryl/α,β-unsaturated/α-hetero) is 4. The zero-order valence-electron chi connectivity index (χ0n) is 68.9. The second-order valence-electron chi connectivity index (χ2n) is 28.3. The van der Waals surface area contributed by atoms with Gasteiger partial charge in [0, 0.05) is 74.4 Å². The number of imidazole rings is 4. The maximum atomic E-state index is 13.4. The molecule has 5 aromatic heterocycles. The average molecular weight is 1660 g/mol. The molecule has 0 atom stereocenters. The molecule has 9 aromatic rings. The van der Waals surface area contributed by atoms with Crippen molar-refractivity contribution in [3.63, 3.8) is 0 Å². The first-order chi connectivity index (χ1) is 58.6. The van der Waals surface area contributed by atoms with E-state index >= 15 is 0 Å². The standard InChI is InChI=1S/C86H112N14O20/c1-5-33-117-60-91-75-49-88-82(105)97(75)52-63-17-25-67(26-18-63)71(101)13-9-37-109-41-45-113-56-86(57-114-46-42-110-38-10-14-72(102)68-27-19-64(20-28-68)53-98-76(50-89-83(98)106)92-61-118-34-6-2,58-115-47-43-111-39-11-15-73(103)69-29-21-65(22-30-69)54-99-77(51-90-84(99)107)93-62-119-35-7-3)59-116-48-44-112-40-12-16-74(104)70-31-23-66(24-32-70)55-100-80-78(94-85(100)108)79(87)95-81(96-80)120-36-8-4/h17-32,49-51,60-62H,5-16,33-48,52-59H2,1-4H3,(H,88,105)(H,89,106)(H,90,107)(H,94,108)(H2,87,95,96). The van der Waals surface area contributed by atoms with E-state index in [9.17, 15) is 39.6 Å². The number of aliphatic imine (C=N–C) groups is 3. The third-order valence-electron chi connectivity index (χ3n) is 18.6. The van der Waals surface area contributed by atoms with Gasteiger partial charge < -0.3 is 83.0 Å². The minimum atomic E-state index is -0.897. The van der Waals surface area contributed by atoms with Crippen LogP contribution in [0, 0.1) is 5.41 Å². The molecular weight excluding hydrogens is 1550 g/mol. The molecule has 0 aliphatic carbocycles. The van der Waals surface area contributed by atoms with Crippen LogP contribution in [0.25, 0.3) is 11.2 Å². The number of ether oxygens (including phenoxy) is 12. The monoisotopic (exact) mass is 1660 g/mol. The molecule has 34 nitrogen and oxygen atoms in total. The number of anilines is 1. The van der Waals surface area contributed by atoms with Crippen molar-refractivity contribution in [2.24, 2.45) is 20.4 Å². The Morgan fingerprint density at radius 3 is 0.958 bits per heavy atom.